The smallest absolute Gasteiger partial charge is 0.244 e. The van der Waals surface area contributed by atoms with Crippen molar-refractivity contribution in [1.82, 2.24) is 10.2 Å². The number of rotatable bonds is 17. The number of ether oxygens (including phenoxy) is 2. The van der Waals surface area contributed by atoms with Gasteiger partial charge in [0.15, 0.2) is 0 Å². The molecule has 248 valence electrons. The number of methoxy groups -OCH3 is 1. The third-order valence-electron chi connectivity index (χ3n) is 7.64. The van der Waals surface area contributed by atoms with Gasteiger partial charge in [-0.15, -0.1) is 0 Å². The zero-order chi connectivity index (χ0) is 33.6. The van der Waals surface area contributed by atoms with Crippen LogP contribution in [0.25, 0.3) is 0 Å². The van der Waals surface area contributed by atoms with Crippen LogP contribution in [0.1, 0.15) is 36.5 Å². The number of benzene rings is 4. The largest absolute Gasteiger partial charge is 0.497 e. The fourth-order valence-electron chi connectivity index (χ4n) is 5.09. The van der Waals surface area contributed by atoms with Crippen LogP contribution in [0.3, 0.4) is 0 Å². The minimum absolute atomic E-state index is 0.0681. The van der Waals surface area contributed by atoms with Crippen molar-refractivity contribution < 1.29 is 27.5 Å². The van der Waals surface area contributed by atoms with E-state index in [-0.39, 0.29) is 18.9 Å². The summed E-state index contributed by atoms with van der Waals surface area (Å²) in [7, 11) is -2.34. The van der Waals surface area contributed by atoms with Crippen molar-refractivity contribution in [1.29, 1.82) is 0 Å². The molecule has 2 amide bonds. The number of nitrogens with one attached hydrogen (secondary N) is 1. The van der Waals surface area contributed by atoms with E-state index in [4.69, 9.17) is 9.47 Å². The summed E-state index contributed by atoms with van der Waals surface area (Å²) in [5, 5.41) is 2.99. The van der Waals surface area contributed by atoms with Gasteiger partial charge in [0.05, 0.1) is 19.1 Å². The van der Waals surface area contributed by atoms with E-state index in [0.717, 1.165) is 40.1 Å². The number of nitrogens with zero attached hydrogens (tertiary/aromatic N) is 2. The molecule has 0 saturated carbocycles. The molecule has 0 unspecified atom stereocenters. The highest BCUT2D eigenvalue weighted by Gasteiger charge is 2.33. The molecule has 0 fully saturated rings. The molecule has 0 aliphatic heterocycles. The van der Waals surface area contributed by atoms with Crippen molar-refractivity contribution in [3.8, 4) is 11.5 Å². The average Bonchev–Trinajstić information content (AvgIpc) is 3.08. The number of carbonyl (C=O) groups is 2. The van der Waals surface area contributed by atoms with Crippen molar-refractivity contribution in [2.24, 2.45) is 0 Å². The Labute approximate surface area is 278 Å². The summed E-state index contributed by atoms with van der Waals surface area (Å²) in [6.45, 7) is 2.43. The molecule has 47 heavy (non-hydrogen) atoms. The average molecular weight is 658 g/mol. The van der Waals surface area contributed by atoms with Crippen molar-refractivity contribution in [3.63, 3.8) is 0 Å². The molecule has 0 aliphatic rings. The van der Waals surface area contributed by atoms with E-state index in [1.54, 1.807) is 43.5 Å². The van der Waals surface area contributed by atoms with Crippen LogP contribution in [0.5, 0.6) is 11.5 Å². The maximum atomic E-state index is 14.3. The molecule has 9 nitrogen and oxygen atoms in total. The number of sulfonamides is 1. The van der Waals surface area contributed by atoms with E-state index in [9.17, 15) is 18.0 Å². The third kappa shape index (κ3) is 10.6. The zero-order valence-corrected chi connectivity index (χ0v) is 28.0. The Kier molecular flexibility index (Phi) is 12.8. The van der Waals surface area contributed by atoms with Crippen LogP contribution in [0, 0.1) is 0 Å². The van der Waals surface area contributed by atoms with Crippen molar-refractivity contribution >= 4 is 27.5 Å². The molecule has 0 bridgehead atoms. The molecule has 1 N–H and O–H groups in total. The standard InChI is InChI=1S/C37H43N3O6S/c1-4-5-23-38-37(42)35(25-29-13-8-6-9-14-29)39(26-31-17-12-18-34(24-31)45-2)36(41)27-40(47(3,43)44)32-19-21-33(22-20-32)46-28-30-15-10-7-11-16-30/h6-22,24,35H,4-5,23,25-28H2,1-3H3,(H,38,42)/t35-/m0/s1. The van der Waals surface area contributed by atoms with Gasteiger partial charge in [0.1, 0.15) is 30.7 Å². The van der Waals surface area contributed by atoms with Crippen molar-refractivity contribution in [2.45, 2.75) is 45.4 Å². The molecule has 0 saturated heterocycles. The summed E-state index contributed by atoms with van der Waals surface area (Å²) in [6, 6.07) is 32.1. The maximum Gasteiger partial charge on any atom is 0.244 e. The van der Waals surface area contributed by atoms with Crippen LogP contribution in [-0.4, -0.2) is 57.6 Å². The Balaban J connectivity index is 1.64. The highest BCUT2D eigenvalue weighted by atomic mass is 32.2. The second kappa shape index (κ2) is 17.2. The van der Waals surface area contributed by atoms with Gasteiger partial charge in [-0.3, -0.25) is 13.9 Å². The molecule has 0 heterocycles. The summed E-state index contributed by atoms with van der Waals surface area (Å²) < 4.78 is 38.6. The van der Waals surface area contributed by atoms with Crippen LogP contribution >= 0.6 is 0 Å². The molecule has 4 aromatic rings. The molecule has 0 aromatic heterocycles. The lowest BCUT2D eigenvalue weighted by Gasteiger charge is -2.33. The van der Waals surface area contributed by atoms with E-state index >= 15 is 0 Å². The third-order valence-corrected chi connectivity index (χ3v) is 8.78. The summed E-state index contributed by atoms with van der Waals surface area (Å²) >= 11 is 0. The number of anilines is 1. The summed E-state index contributed by atoms with van der Waals surface area (Å²) in [6.07, 6.45) is 3.00. The number of amides is 2. The lowest BCUT2D eigenvalue weighted by molar-refractivity contribution is -0.140. The number of carbonyl (C=O) groups excluding carboxylic acids is 2. The Morgan fingerprint density at radius 3 is 2.06 bits per heavy atom. The maximum absolute atomic E-state index is 14.3. The van der Waals surface area contributed by atoms with E-state index < -0.39 is 28.5 Å². The molecule has 10 heteroatoms. The SMILES string of the molecule is CCCCNC(=O)[C@H](Cc1ccccc1)N(Cc1cccc(OC)c1)C(=O)CN(c1ccc(OCc2ccccc2)cc1)S(C)(=O)=O. The predicted octanol–water partition coefficient (Wildman–Crippen LogP) is 5.60. The van der Waals surface area contributed by atoms with Gasteiger partial charge in [-0.1, -0.05) is 86.1 Å². The monoisotopic (exact) mass is 657 g/mol. The Morgan fingerprint density at radius 2 is 1.45 bits per heavy atom. The van der Waals surface area contributed by atoms with Crippen LogP contribution in [0.15, 0.2) is 109 Å². The van der Waals surface area contributed by atoms with Gasteiger partial charge in [0.2, 0.25) is 21.8 Å². The Hall–Kier alpha value is -4.83. The van der Waals surface area contributed by atoms with Gasteiger partial charge in [-0.2, -0.15) is 0 Å². The molecule has 0 radical (unpaired) electrons. The molecule has 1 atom stereocenters. The highest BCUT2D eigenvalue weighted by molar-refractivity contribution is 7.92. The lowest BCUT2D eigenvalue weighted by Crippen LogP contribution is -2.53. The fraction of sp³-hybridized carbons (Fsp3) is 0.297. The molecule has 4 aromatic carbocycles. The second-order valence-electron chi connectivity index (χ2n) is 11.3. The van der Waals surface area contributed by atoms with E-state index in [2.05, 4.69) is 5.32 Å². The quantitative estimate of drug-likeness (QED) is 0.148. The molecular weight excluding hydrogens is 614 g/mol. The van der Waals surface area contributed by atoms with Crippen LogP contribution < -0.4 is 19.1 Å². The van der Waals surface area contributed by atoms with Crippen LogP contribution in [-0.2, 0) is 39.2 Å². The predicted molar refractivity (Wildman–Crippen MR) is 185 cm³/mol. The van der Waals surface area contributed by atoms with Crippen molar-refractivity contribution in [3.05, 3.63) is 126 Å². The van der Waals surface area contributed by atoms with Gasteiger partial charge in [-0.05, 0) is 59.5 Å². The van der Waals surface area contributed by atoms with Crippen LogP contribution in [0.2, 0.25) is 0 Å². The fourth-order valence-corrected chi connectivity index (χ4v) is 5.94. The van der Waals surface area contributed by atoms with E-state index in [1.165, 1.54) is 4.90 Å². The van der Waals surface area contributed by atoms with Gasteiger partial charge < -0.3 is 19.7 Å². The minimum Gasteiger partial charge on any atom is -0.497 e. The lowest BCUT2D eigenvalue weighted by atomic mass is 10.0. The second-order valence-corrected chi connectivity index (χ2v) is 13.2. The van der Waals surface area contributed by atoms with E-state index in [0.29, 0.717) is 30.3 Å². The van der Waals surface area contributed by atoms with Gasteiger partial charge in [0.25, 0.3) is 0 Å². The molecule has 0 spiro atoms. The summed E-state index contributed by atoms with van der Waals surface area (Å²) in [5.41, 5.74) is 2.92. The first kappa shape index (κ1) is 35.0. The molecule has 4 rings (SSSR count). The normalized spacial score (nSPS) is 11.7. The topological polar surface area (TPSA) is 105 Å². The van der Waals surface area contributed by atoms with Crippen LogP contribution in [0.4, 0.5) is 5.69 Å². The zero-order valence-electron chi connectivity index (χ0n) is 27.2. The van der Waals surface area contributed by atoms with Gasteiger partial charge in [0, 0.05) is 19.5 Å². The number of hydrogen-bond acceptors (Lipinski definition) is 6. The number of hydrogen-bond donors (Lipinski definition) is 1. The highest BCUT2D eigenvalue weighted by Crippen LogP contribution is 2.24. The summed E-state index contributed by atoms with van der Waals surface area (Å²) in [4.78, 5) is 29.5. The first-order valence-electron chi connectivity index (χ1n) is 15.7. The van der Waals surface area contributed by atoms with Gasteiger partial charge >= 0.3 is 0 Å². The molecule has 0 aliphatic carbocycles. The van der Waals surface area contributed by atoms with Crippen molar-refractivity contribution in [2.75, 3.05) is 30.8 Å². The van der Waals surface area contributed by atoms with E-state index in [1.807, 2.05) is 79.7 Å². The van der Waals surface area contributed by atoms with Gasteiger partial charge in [-0.25, -0.2) is 8.42 Å². The Morgan fingerprint density at radius 1 is 0.809 bits per heavy atom. The first-order chi connectivity index (χ1) is 22.7. The summed E-state index contributed by atoms with van der Waals surface area (Å²) in [5.74, 6) is 0.344. The number of unbranched alkanes of at least 4 members (excludes halogenated alkanes) is 1. The minimum atomic E-state index is -3.90. The first-order valence-corrected chi connectivity index (χ1v) is 17.5. The molecular formula is C37H43N3O6S. The Bertz CT molecular complexity index is 1680.